The van der Waals surface area contributed by atoms with Gasteiger partial charge in [0.25, 0.3) is 5.91 Å². The maximum atomic E-state index is 12.5. The second-order valence-electron chi connectivity index (χ2n) is 6.31. The Kier molecular flexibility index (Phi) is 5.86. The Morgan fingerprint density at radius 3 is 2.57 bits per heavy atom. The van der Waals surface area contributed by atoms with Gasteiger partial charge in [-0.15, -0.1) is 5.10 Å². The van der Waals surface area contributed by atoms with Crippen LogP contribution in [0.2, 0.25) is 0 Å². The van der Waals surface area contributed by atoms with E-state index in [0.717, 1.165) is 5.69 Å². The van der Waals surface area contributed by atoms with Crippen LogP contribution >= 0.6 is 0 Å². The first kappa shape index (κ1) is 19.7. The lowest BCUT2D eigenvalue weighted by Crippen LogP contribution is -2.32. The third-order valence-corrected chi connectivity index (χ3v) is 5.79. The molecule has 0 saturated heterocycles. The van der Waals surface area contributed by atoms with Crippen LogP contribution in [-0.4, -0.2) is 35.4 Å². The van der Waals surface area contributed by atoms with Crippen LogP contribution in [0.3, 0.4) is 0 Å². The van der Waals surface area contributed by atoms with Crippen LogP contribution in [0.4, 0.5) is 5.69 Å². The van der Waals surface area contributed by atoms with E-state index < -0.39 is 10.0 Å². The van der Waals surface area contributed by atoms with Gasteiger partial charge in [0.1, 0.15) is 0 Å². The van der Waals surface area contributed by atoms with E-state index >= 15 is 0 Å². The summed E-state index contributed by atoms with van der Waals surface area (Å²) in [6.45, 7) is 3.70. The van der Waals surface area contributed by atoms with Gasteiger partial charge >= 0.3 is 0 Å². The molecule has 0 spiro atoms. The van der Waals surface area contributed by atoms with Crippen molar-refractivity contribution in [3.05, 3.63) is 66.5 Å². The molecule has 9 heteroatoms. The fraction of sp³-hybridized carbons (Fsp3) is 0.211. The summed E-state index contributed by atoms with van der Waals surface area (Å²) in [5.41, 5.74) is 1.70. The van der Waals surface area contributed by atoms with Gasteiger partial charge in [0.05, 0.1) is 23.0 Å². The number of aromatic nitrogens is 3. The highest BCUT2D eigenvalue weighted by molar-refractivity contribution is 7.89. The van der Waals surface area contributed by atoms with Crippen LogP contribution in [0.5, 0.6) is 0 Å². The largest absolute Gasteiger partial charge is 0.322 e. The number of rotatable bonds is 7. The maximum absolute atomic E-state index is 12.5. The molecular formula is C19H21N5O3S. The van der Waals surface area contributed by atoms with Crippen molar-refractivity contribution in [1.82, 2.24) is 19.7 Å². The number of carbonyl (C=O) groups excluding carboxylic acids is 1. The van der Waals surface area contributed by atoms with Crippen molar-refractivity contribution >= 4 is 21.6 Å². The molecule has 1 atom stereocenters. The number of carbonyl (C=O) groups is 1. The molecule has 2 aromatic carbocycles. The Bertz CT molecular complexity index is 1050. The number of hydrogen-bond acceptors (Lipinski definition) is 5. The van der Waals surface area contributed by atoms with Crippen molar-refractivity contribution < 1.29 is 13.2 Å². The lowest BCUT2D eigenvalue weighted by molar-refractivity contribution is 0.102. The van der Waals surface area contributed by atoms with Crippen molar-refractivity contribution in [2.45, 2.75) is 31.2 Å². The predicted octanol–water partition coefficient (Wildman–Crippen LogP) is 2.60. The number of hydrogen-bond donors (Lipinski definition) is 2. The fourth-order valence-electron chi connectivity index (χ4n) is 2.48. The summed E-state index contributed by atoms with van der Waals surface area (Å²) >= 11 is 0. The van der Waals surface area contributed by atoms with Gasteiger partial charge in [0.2, 0.25) is 10.0 Å². The zero-order chi connectivity index (χ0) is 20.1. The minimum atomic E-state index is -3.60. The zero-order valence-electron chi connectivity index (χ0n) is 15.5. The molecule has 28 heavy (non-hydrogen) atoms. The summed E-state index contributed by atoms with van der Waals surface area (Å²) in [5, 5.41) is 10.5. The summed E-state index contributed by atoms with van der Waals surface area (Å²) in [5.74, 6) is -0.338. The third-order valence-electron chi connectivity index (χ3n) is 4.19. The van der Waals surface area contributed by atoms with Gasteiger partial charge in [-0.2, -0.15) is 0 Å². The van der Waals surface area contributed by atoms with Crippen molar-refractivity contribution in [2.75, 3.05) is 5.32 Å². The van der Waals surface area contributed by atoms with Crippen LogP contribution < -0.4 is 10.0 Å². The van der Waals surface area contributed by atoms with Crippen molar-refractivity contribution in [2.24, 2.45) is 0 Å². The van der Waals surface area contributed by atoms with E-state index in [4.69, 9.17) is 0 Å². The summed E-state index contributed by atoms with van der Waals surface area (Å²) in [4.78, 5) is 12.6. The first-order chi connectivity index (χ1) is 13.4. The second kappa shape index (κ2) is 8.32. The molecule has 0 aliphatic carbocycles. The molecule has 3 rings (SSSR count). The molecule has 8 nitrogen and oxygen atoms in total. The summed E-state index contributed by atoms with van der Waals surface area (Å²) in [6, 6.07) is 12.8. The highest BCUT2D eigenvalue weighted by Crippen LogP contribution is 2.16. The minimum Gasteiger partial charge on any atom is -0.322 e. The number of sulfonamides is 1. The highest BCUT2D eigenvalue weighted by Gasteiger charge is 2.17. The van der Waals surface area contributed by atoms with Crippen LogP contribution in [0.1, 0.15) is 30.6 Å². The first-order valence-corrected chi connectivity index (χ1v) is 10.3. The molecule has 0 unspecified atom stereocenters. The monoisotopic (exact) mass is 399 g/mol. The molecule has 0 aliphatic rings. The standard InChI is InChI=1S/C19H21N5O3S/c1-3-14(2)22-28(26,27)18-9-7-15(8-10-18)19(25)21-16-5-4-6-17(13-16)24-12-11-20-23-24/h4-14,22H,3H2,1-2H3,(H,21,25)/t14-/m1/s1. The summed E-state index contributed by atoms with van der Waals surface area (Å²) in [6.07, 6.45) is 3.96. The predicted molar refractivity (Wildman–Crippen MR) is 106 cm³/mol. The van der Waals surface area contributed by atoms with Crippen molar-refractivity contribution in [1.29, 1.82) is 0 Å². The van der Waals surface area contributed by atoms with Gasteiger partial charge in [-0.05, 0) is 55.8 Å². The molecule has 0 bridgehead atoms. The summed E-state index contributed by atoms with van der Waals surface area (Å²) < 4.78 is 28.8. The second-order valence-corrected chi connectivity index (χ2v) is 8.02. The Balaban J connectivity index is 1.73. The van der Waals surface area contributed by atoms with Crippen LogP contribution in [-0.2, 0) is 10.0 Å². The number of amides is 1. The average molecular weight is 399 g/mol. The van der Waals surface area contributed by atoms with Gasteiger partial charge in [0, 0.05) is 17.3 Å². The van der Waals surface area contributed by atoms with Crippen LogP contribution in [0, 0.1) is 0 Å². The normalized spacial score (nSPS) is 12.5. The van der Waals surface area contributed by atoms with E-state index in [1.54, 1.807) is 42.2 Å². The molecular weight excluding hydrogens is 378 g/mol. The van der Waals surface area contributed by atoms with Crippen LogP contribution in [0.25, 0.3) is 5.69 Å². The quantitative estimate of drug-likeness (QED) is 0.635. The smallest absolute Gasteiger partial charge is 0.255 e. The molecule has 1 amide bonds. The van der Waals surface area contributed by atoms with Crippen molar-refractivity contribution in [3.8, 4) is 5.69 Å². The molecule has 0 aliphatic heterocycles. The van der Waals surface area contributed by atoms with Gasteiger partial charge in [-0.1, -0.05) is 18.2 Å². The zero-order valence-corrected chi connectivity index (χ0v) is 16.3. The van der Waals surface area contributed by atoms with E-state index in [-0.39, 0.29) is 16.8 Å². The molecule has 146 valence electrons. The van der Waals surface area contributed by atoms with E-state index in [1.807, 2.05) is 13.0 Å². The van der Waals surface area contributed by atoms with Gasteiger partial charge < -0.3 is 5.32 Å². The van der Waals surface area contributed by atoms with E-state index in [0.29, 0.717) is 17.7 Å². The van der Waals surface area contributed by atoms with Crippen molar-refractivity contribution in [3.63, 3.8) is 0 Å². The third kappa shape index (κ3) is 4.62. The Labute approximate surface area is 163 Å². The van der Waals surface area contributed by atoms with E-state index in [9.17, 15) is 13.2 Å². The molecule has 0 saturated carbocycles. The molecule has 2 N–H and O–H groups in total. The van der Waals surface area contributed by atoms with Gasteiger partial charge in [0.15, 0.2) is 0 Å². The average Bonchev–Trinajstić information content (AvgIpc) is 3.23. The van der Waals surface area contributed by atoms with Gasteiger partial charge in [-0.3, -0.25) is 4.79 Å². The number of nitrogens with one attached hydrogen (secondary N) is 2. The summed E-state index contributed by atoms with van der Waals surface area (Å²) in [7, 11) is -3.60. The maximum Gasteiger partial charge on any atom is 0.255 e. The topological polar surface area (TPSA) is 106 Å². The number of benzene rings is 2. The number of nitrogens with zero attached hydrogens (tertiary/aromatic N) is 3. The molecule has 0 fully saturated rings. The highest BCUT2D eigenvalue weighted by atomic mass is 32.2. The Morgan fingerprint density at radius 1 is 1.18 bits per heavy atom. The van der Waals surface area contributed by atoms with Gasteiger partial charge in [-0.25, -0.2) is 17.8 Å². The van der Waals surface area contributed by atoms with E-state index in [1.165, 1.54) is 24.3 Å². The Hall–Kier alpha value is -3.04. The minimum absolute atomic E-state index is 0.123. The first-order valence-electron chi connectivity index (χ1n) is 8.79. The Morgan fingerprint density at radius 2 is 1.93 bits per heavy atom. The molecule has 0 radical (unpaired) electrons. The lowest BCUT2D eigenvalue weighted by Gasteiger charge is -2.12. The SMILES string of the molecule is CC[C@@H](C)NS(=O)(=O)c1ccc(C(=O)Nc2cccc(-n3ccnn3)c2)cc1. The molecule has 1 heterocycles. The fourth-order valence-corrected chi connectivity index (χ4v) is 3.80. The molecule has 1 aromatic heterocycles. The van der Waals surface area contributed by atoms with E-state index in [2.05, 4.69) is 20.4 Å². The number of anilines is 1. The lowest BCUT2D eigenvalue weighted by atomic mass is 10.2. The molecule has 3 aromatic rings. The van der Waals surface area contributed by atoms with Crippen LogP contribution in [0.15, 0.2) is 65.8 Å².